The van der Waals surface area contributed by atoms with Crippen LogP contribution in [0, 0.1) is 6.92 Å². The van der Waals surface area contributed by atoms with Crippen molar-refractivity contribution in [2.75, 3.05) is 7.11 Å². The van der Waals surface area contributed by atoms with Gasteiger partial charge >= 0.3 is 0 Å². The molecule has 5 nitrogen and oxygen atoms in total. The molecule has 0 radical (unpaired) electrons. The second kappa shape index (κ2) is 5.99. The number of benzene rings is 2. The van der Waals surface area contributed by atoms with E-state index in [1.54, 1.807) is 13.0 Å². The zero-order chi connectivity index (χ0) is 17.6. The van der Waals surface area contributed by atoms with Gasteiger partial charge in [-0.1, -0.05) is 25.0 Å². The van der Waals surface area contributed by atoms with Crippen LogP contribution in [0.4, 0.5) is 0 Å². The van der Waals surface area contributed by atoms with Crippen LogP contribution in [-0.4, -0.2) is 26.9 Å². The van der Waals surface area contributed by atoms with Crippen LogP contribution in [0.25, 0.3) is 22.4 Å². The maximum Gasteiger partial charge on any atom is 0.200 e. The molecule has 2 aromatic carbocycles. The molecule has 3 aromatic rings. The van der Waals surface area contributed by atoms with Crippen LogP contribution in [0.5, 0.6) is 17.2 Å². The lowest BCUT2D eigenvalue weighted by molar-refractivity contribution is 0.350. The van der Waals surface area contributed by atoms with E-state index in [1.807, 2.05) is 18.2 Å². The first-order valence-corrected chi connectivity index (χ1v) is 8.68. The lowest BCUT2D eigenvalue weighted by Gasteiger charge is -2.19. The van der Waals surface area contributed by atoms with Crippen LogP contribution in [0.3, 0.4) is 0 Å². The molecular formula is C20H22N2O3. The Morgan fingerprint density at radius 3 is 2.56 bits per heavy atom. The van der Waals surface area contributed by atoms with Crippen LogP contribution >= 0.6 is 0 Å². The van der Waals surface area contributed by atoms with Gasteiger partial charge in [-0.3, -0.25) is 0 Å². The molecule has 0 amide bonds. The van der Waals surface area contributed by atoms with Crippen LogP contribution in [0.1, 0.15) is 37.3 Å². The second-order valence-corrected chi connectivity index (χ2v) is 6.68. The van der Waals surface area contributed by atoms with Gasteiger partial charge in [0, 0.05) is 17.2 Å². The highest BCUT2D eigenvalue weighted by Gasteiger charge is 2.26. The molecule has 1 aliphatic carbocycles. The second-order valence-electron chi connectivity index (χ2n) is 6.68. The van der Waals surface area contributed by atoms with Crippen LogP contribution in [0.2, 0.25) is 0 Å². The van der Waals surface area contributed by atoms with E-state index in [2.05, 4.69) is 10.6 Å². The first-order chi connectivity index (χ1) is 12.1. The zero-order valence-electron chi connectivity index (χ0n) is 14.5. The van der Waals surface area contributed by atoms with Crippen molar-refractivity contribution in [1.82, 2.24) is 9.55 Å². The maximum atomic E-state index is 10.3. The van der Waals surface area contributed by atoms with E-state index in [-0.39, 0.29) is 17.2 Å². The van der Waals surface area contributed by atoms with E-state index >= 15 is 0 Å². The number of nitrogens with zero attached hydrogens (tertiary/aromatic N) is 2. The summed E-state index contributed by atoms with van der Waals surface area (Å²) in [5, 5.41) is 20.4. The predicted octanol–water partition coefficient (Wildman–Crippen LogP) is 4.55. The fraction of sp³-hybridized carbons (Fsp3) is 0.350. The van der Waals surface area contributed by atoms with E-state index in [9.17, 15) is 10.2 Å². The van der Waals surface area contributed by atoms with Crippen molar-refractivity contribution >= 4 is 11.0 Å². The molecule has 0 spiro atoms. The fourth-order valence-electron chi connectivity index (χ4n) is 3.88. The van der Waals surface area contributed by atoms with Gasteiger partial charge in [-0.05, 0) is 38.0 Å². The molecule has 0 aliphatic heterocycles. The minimum absolute atomic E-state index is 0.153. The number of para-hydroxylation sites is 2. The largest absolute Gasteiger partial charge is 0.504 e. The Kier molecular flexibility index (Phi) is 3.79. The molecule has 0 atom stereocenters. The molecule has 2 N–H and O–H groups in total. The Morgan fingerprint density at radius 2 is 1.84 bits per heavy atom. The number of fused-ring (bicyclic) bond motifs is 1. The summed E-state index contributed by atoms with van der Waals surface area (Å²) < 4.78 is 7.53. The lowest BCUT2D eigenvalue weighted by atomic mass is 10.0. The van der Waals surface area contributed by atoms with Gasteiger partial charge in [0.1, 0.15) is 5.82 Å². The van der Waals surface area contributed by atoms with Crippen molar-refractivity contribution in [1.29, 1.82) is 0 Å². The number of phenolic OH excluding ortho intramolecular Hbond substituents is 2. The van der Waals surface area contributed by atoms with Crippen molar-refractivity contribution in [3.8, 4) is 28.6 Å². The minimum Gasteiger partial charge on any atom is -0.504 e. The monoisotopic (exact) mass is 338 g/mol. The summed E-state index contributed by atoms with van der Waals surface area (Å²) in [4.78, 5) is 4.85. The van der Waals surface area contributed by atoms with Crippen molar-refractivity contribution in [3.63, 3.8) is 0 Å². The van der Waals surface area contributed by atoms with Crippen molar-refractivity contribution in [2.45, 2.75) is 38.6 Å². The van der Waals surface area contributed by atoms with E-state index in [0.717, 1.165) is 35.3 Å². The van der Waals surface area contributed by atoms with Gasteiger partial charge in [0.15, 0.2) is 11.5 Å². The highest BCUT2D eigenvalue weighted by atomic mass is 16.5. The molecule has 4 rings (SSSR count). The summed E-state index contributed by atoms with van der Waals surface area (Å²) in [6, 6.07) is 10.3. The number of phenols is 2. The summed E-state index contributed by atoms with van der Waals surface area (Å²) in [6.07, 6.45) is 4.71. The average Bonchev–Trinajstić information content (AvgIpc) is 3.27. The number of hydrogen-bond donors (Lipinski definition) is 2. The normalized spacial score (nSPS) is 15.1. The van der Waals surface area contributed by atoms with Gasteiger partial charge in [0.2, 0.25) is 5.75 Å². The highest BCUT2D eigenvalue weighted by Crippen LogP contribution is 2.45. The Labute approximate surface area is 146 Å². The number of imidazole rings is 1. The topological polar surface area (TPSA) is 67.5 Å². The molecule has 0 bridgehead atoms. The molecule has 1 saturated carbocycles. The fourth-order valence-corrected chi connectivity index (χ4v) is 3.88. The van der Waals surface area contributed by atoms with Gasteiger partial charge in [0.25, 0.3) is 0 Å². The molecule has 130 valence electrons. The number of rotatable bonds is 3. The summed E-state index contributed by atoms with van der Waals surface area (Å²) in [5.41, 5.74) is 3.44. The van der Waals surface area contributed by atoms with Crippen molar-refractivity contribution in [2.24, 2.45) is 0 Å². The molecule has 0 saturated heterocycles. The highest BCUT2D eigenvalue weighted by molar-refractivity contribution is 5.83. The van der Waals surface area contributed by atoms with Gasteiger partial charge in [-0.25, -0.2) is 4.98 Å². The number of aromatic nitrogens is 2. The molecular weight excluding hydrogens is 316 g/mol. The van der Waals surface area contributed by atoms with Gasteiger partial charge in [-0.2, -0.15) is 0 Å². The number of methoxy groups -OCH3 is 1. The van der Waals surface area contributed by atoms with E-state index < -0.39 is 0 Å². The van der Waals surface area contributed by atoms with Crippen LogP contribution < -0.4 is 4.74 Å². The van der Waals surface area contributed by atoms with E-state index in [1.165, 1.54) is 20.0 Å². The zero-order valence-corrected chi connectivity index (χ0v) is 14.5. The Balaban J connectivity index is 2.01. The average molecular weight is 338 g/mol. The minimum atomic E-state index is -0.229. The Morgan fingerprint density at radius 1 is 1.12 bits per heavy atom. The third kappa shape index (κ3) is 2.42. The van der Waals surface area contributed by atoms with Gasteiger partial charge in [-0.15, -0.1) is 0 Å². The number of ether oxygens (including phenoxy) is 1. The molecule has 1 aliphatic rings. The lowest BCUT2D eigenvalue weighted by Crippen LogP contribution is -2.07. The molecule has 25 heavy (non-hydrogen) atoms. The van der Waals surface area contributed by atoms with Crippen LogP contribution in [-0.2, 0) is 0 Å². The van der Waals surface area contributed by atoms with Crippen LogP contribution in [0.15, 0.2) is 30.3 Å². The molecule has 0 unspecified atom stereocenters. The first kappa shape index (κ1) is 15.8. The van der Waals surface area contributed by atoms with Gasteiger partial charge < -0.3 is 19.5 Å². The van der Waals surface area contributed by atoms with Crippen molar-refractivity contribution in [3.05, 3.63) is 35.9 Å². The maximum absolute atomic E-state index is 10.3. The molecule has 1 heterocycles. The Hall–Kier alpha value is -2.69. The first-order valence-electron chi connectivity index (χ1n) is 8.68. The number of hydrogen-bond acceptors (Lipinski definition) is 4. The standard InChI is InChI=1S/C20H22N2O3/c1-12-14(11-17(25-2)19(24)18(12)23)20-21-15-9-5-6-10-16(15)22(20)13-7-3-4-8-13/h5-6,9-11,13,23-24H,3-4,7-8H2,1-2H3. The third-order valence-corrected chi connectivity index (χ3v) is 5.24. The summed E-state index contributed by atoms with van der Waals surface area (Å²) in [7, 11) is 1.48. The SMILES string of the molecule is COc1cc(-c2nc3ccccc3n2C2CCCC2)c(C)c(O)c1O. The quantitative estimate of drug-likeness (QED) is 0.688. The summed E-state index contributed by atoms with van der Waals surface area (Å²) >= 11 is 0. The van der Waals surface area contributed by atoms with E-state index in [4.69, 9.17) is 9.72 Å². The molecule has 1 aromatic heterocycles. The third-order valence-electron chi connectivity index (χ3n) is 5.24. The molecule has 1 fully saturated rings. The smallest absolute Gasteiger partial charge is 0.200 e. The summed E-state index contributed by atoms with van der Waals surface area (Å²) in [5.74, 6) is 0.689. The molecule has 5 heteroatoms. The predicted molar refractivity (Wildman–Crippen MR) is 97.3 cm³/mol. The number of aromatic hydroxyl groups is 2. The van der Waals surface area contributed by atoms with Crippen molar-refractivity contribution < 1.29 is 14.9 Å². The van der Waals surface area contributed by atoms with E-state index in [0.29, 0.717) is 11.6 Å². The Bertz CT molecular complexity index is 940. The summed E-state index contributed by atoms with van der Waals surface area (Å²) in [6.45, 7) is 1.79. The van der Waals surface area contributed by atoms with Gasteiger partial charge in [0.05, 0.1) is 18.1 Å².